The Kier molecular flexibility index (Phi) is 6.75. The molecule has 0 aliphatic rings. The van der Waals surface area contributed by atoms with Crippen molar-refractivity contribution in [3.05, 3.63) is 0 Å². The van der Waals surface area contributed by atoms with E-state index in [2.05, 4.69) is 17.5 Å². The summed E-state index contributed by atoms with van der Waals surface area (Å²) in [5.41, 5.74) is 1.85. The molecule has 0 aliphatic carbocycles. The average Bonchev–Trinajstić information content (AvgIpc) is 2.08. The summed E-state index contributed by atoms with van der Waals surface area (Å²) in [5.74, 6) is 0. The lowest BCUT2D eigenvalue weighted by molar-refractivity contribution is 0.0529. The summed E-state index contributed by atoms with van der Waals surface area (Å²) in [6.07, 6.45) is 5.58. The molecule has 0 aliphatic heterocycles. The number of hydrazone groups is 1. The van der Waals surface area contributed by atoms with Crippen LogP contribution in [0.25, 0.3) is 0 Å². The van der Waals surface area contributed by atoms with E-state index in [1.165, 1.54) is 12.8 Å². The van der Waals surface area contributed by atoms with Crippen LogP contribution in [0.2, 0.25) is 0 Å². The van der Waals surface area contributed by atoms with E-state index in [4.69, 9.17) is 4.74 Å². The number of carbonyl (C=O) groups excluding carboxylic acids is 1. The minimum Gasteiger partial charge on any atom is -0.443 e. The molecule has 0 aromatic rings. The van der Waals surface area contributed by atoms with E-state index in [0.29, 0.717) is 0 Å². The van der Waals surface area contributed by atoms with Gasteiger partial charge in [0.2, 0.25) is 0 Å². The summed E-state index contributed by atoms with van der Waals surface area (Å²) < 4.78 is 5.00. The zero-order valence-electron chi connectivity index (χ0n) is 10.2. The van der Waals surface area contributed by atoms with Crippen LogP contribution in [0.5, 0.6) is 0 Å². The Hall–Kier alpha value is -1.06. The van der Waals surface area contributed by atoms with Crippen molar-refractivity contribution in [2.24, 2.45) is 5.10 Å². The highest BCUT2D eigenvalue weighted by molar-refractivity contribution is 5.69. The fraction of sp³-hybridized carbons (Fsp3) is 0.818. The first-order chi connectivity index (χ1) is 6.95. The summed E-state index contributed by atoms with van der Waals surface area (Å²) >= 11 is 0. The highest BCUT2D eigenvalue weighted by atomic mass is 16.6. The normalized spacial score (nSPS) is 11.7. The van der Waals surface area contributed by atoms with E-state index in [9.17, 15) is 4.79 Å². The molecule has 15 heavy (non-hydrogen) atoms. The van der Waals surface area contributed by atoms with Crippen molar-refractivity contribution in [2.45, 2.75) is 59.0 Å². The molecular weight excluding hydrogens is 192 g/mol. The van der Waals surface area contributed by atoms with Crippen molar-refractivity contribution >= 4 is 12.3 Å². The number of ether oxygens (including phenoxy) is 1. The van der Waals surface area contributed by atoms with Gasteiger partial charge in [-0.2, -0.15) is 5.10 Å². The summed E-state index contributed by atoms with van der Waals surface area (Å²) in [5, 5.41) is 3.78. The zero-order chi connectivity index (χ0) is 11.7. The van der Waals surface area contributed by atoms with Crippen molar-refractivity contribution < 1.29 is 9.53 Å². The standard InChI is InChI=1S/C11H22N2O2/c1-5-6-7-8-9-12-13-10(14)15-11(2,3)4/h9H,5-8H2,1-4H3,(H,13,14)/b12-9+. The van der Waals surface area contributed by atoms with Gasteiger partial charge in [0.15, 0.2) is 0 Å². The van der Waals surface area contributed by atoms with Gasteiger partial charge in [-0.05, 0) is 33.6 Å². The first kappa shape index (κ1) is 13.9. The van der Waals surface area contributed by atoms with Gasteiger partial charge in [0.25, 0.3) is 0 Å². The molecule has 0 radical (unpaired) electrons. The molecule has 4 nitrogen and oxygen atoms in total. The quantitative estimate of drug-likeness (QED) is 0.434. The summed E-state index contributed by atoms with van der Waals surface area (Å²) in [7, 11) is 0. The molecule has 0 aromatic heterocycles. The van der Waals surface area contributed by atoms with Crippen molar-refractivity contribution in [1.82, 2.24) is 5.43 Å². The molecule has 1 N–H and O–H groups in total. The fourth-order valence-electron chi connectivity index (χ4n) is 0.949. The largest absolute Gasteiger partial charge is 0.443 e. The van der Waals surface area contributed by atoms with Crippen molar-refractivity contribution in [2.75, 3.05) is 0 Å². The molecule has 0 spiro atoms. The van der Waals surface area contributed by atoms with Gasteiger partial charge in [-0.15, -0.1) is 0 Å². The van der Waals surface area contributed by atoms with Crippen molar-refractivity contribution in [3.8, 4) is 0 Å². The Labute approximate surface area is 92.1 Å². The third kappa shape index (κ3) is 10.9. The monoisotopic (exact) mass is 214 g/mol. The Morgan fingerprint density at radius 3 is 2.60 bits per heavy atom. The summed E-state index contributed by atoms with van der Waals surface area (Å²) in [4.78, 5) is 11.1. The maximum atomic E-state index is 11.1. The second-order valence-electron chi connectivity index (χ2n) is 4.42. The number of nitrogens with zero attached hydrogens (tertiary/aromatic N) is 1. The number of hydrogen-bond donors (Lipinski definition) is 1. The minimum atomic E-state index is -0.505. The number of amides is 1. The third-order valence-electron chi connectivity index (χ3n) is 1.58. The Morgan fingerprint density at radius 2 is 2.07 bits per heavy atom. The number of nitrogens with one attached hydrogen (secondary N) is 1. The summed E-state index contributed by atoms with van der Waals surface area (Å²) in [6, 6.07) is 0. The highest BCUT2D eigenvalue weighted by Gasteiger charge is 2.15. The molecule has 0 unspecified atom stereocenters. The molecule has 0 saturated heterocycles. The van der Waals surface area contributed by atoms with Crippen LogP contribution in [0.3, 0.4) is 0 Å². The van der Waals surface area contributed by atoms with Crippen LogP contribution < -0.4 is 5.43 Å². The van der Waals surface area contributed by atoms with E-state index in [-0.39, 0.29) is 0 Å². The molecule has 0 aromatic carbocycles. The highest BCUT2D eigenvalue weighted by Crippen LogP contribution is 2.06. The predicted octanol–water partition coefficient (Wildman–Crippen LogP) is 3.08. The van der Waals surface area contributed by atoms with Gasteiger partial charge in [0.1, 0.15) is 5.60 Å². The maximum Gasteiger partial charge on any atom is 0.428 e. The van der Waals surface area contributed by atoms with E-state index in [0.717, 1.165) is 12.8 Å². The molecule has 0 bridgehead atoms. The lowest BCUT2D eigenvalue weighted by Gasteiger charge is -2.18. The van der Waals surface area contributed by atoms with E-state index >= 15 is 0 Å². The van der Waals surface area contributed by atoms with Gasteiger partial charge in [-0.1, -0.05) is 19.8 Å². The topological polar surface area (TPSA) is 50.7 Å². The number of rotatable bonds is 5. The lowest BCUT2D eigenvalue weighted by Crippen LogP contribution is -2.29. The number of carbonyl (C=O) groups is 1. The first-order valence-electron chi connectivity index (χ1n) is 5.46. The van der Waals surface area contributed by atoms with E-state index in [1.54, 1.807) is 6.21 Å². The lowest BCUT2D eigenvalue weighted by atomic mass is 10.2. The number of unbranched alkanes of at least 4 members (excludes halogenated alkanes) is 3. The van der Waals surface area contributed by atoms with Crippen LogP contribution in [0, 0.1) is 0 Å². The smallest absolute Gasteiger partial charge is 0.428 e. The maximum absolute atomic E-state index is 11.1. The molecule has 0 heterocycles. The van der Waals surface area contributed by atoms with Gasteiger partial charge in [-0.3, -0.25) is 0 Å². The van der Waals surface area contributed by atoms with Crippen molar-refractivity contribution in [1.29, 1.82) is 0 Å². The zero-order valence-corrected chi connectivity index (χ0v) is 10.2. The molecule has 0 saturated carbocycles. The van der Waals surface area contributed by atoms with Crippen molar-refractivity contribution in [3.63, 3.8) is 0 Å². The number of hydrogen-bond acceptors (Lipinski definition) is 3. The first-order valence-corrected chi connectivity index (χ1v) is 5.46. The van der Waals surface area contributed by atoms with Gasteiger partial charge in [0, 0.05) is 6.21 Å². The van der Waals surface area contributed by atoms with Gasteiger partial charge in [0.05, 0.1) is 0 Å². The molecule has 0 atom stereocenters. The van der Waals surface area contributed by atoms with Crippen LogP contribution in [0.15, 0.2) is 5.10 Å². The molecule has 4 heteroatoms. The Balaban J connectivity index is 3.54. The van der Waals surface area contributed by atoms with Crippen LogP contribution in [0.1, 0.15) is 53.4 Å². The van der Waals surface area contributed by atoms with Gasteiger partial charge >= 0.3 is 6.09 Å². The molecule has 0 fully saturated rings. The van der Waals surface area contributed by atoms with Crippen LogP contribution in [0.4, 0.5) is 4.79 Å². The molecular formula is C11H22N2O2. The second-order valence-corrected chi connectivity index (χ2v) is 4.42. The average molecular weight is 214 g/mol. The van der Waals surface area contributed by atoms with Gasteiger partial charge in [-0.25, -0.2) is 10.2 Å². The van der Waals surface area contributed by atoms with Gasteiger partial charge < -0.3 is 4.74 Å². The SMILES string of the molecule is CCCCC/C=N/NC(=O)OC(C)(C)C. The summed E-state index contributed by atoms with van der Waals surface area (Å²) in [6.45, 7) is 7.60. The molecule has 1 amide bonds. The van der Waals surface area contributed by atoms with Crippen LogP contribution in [-0.4, -0.2) is 17.9 Å². The second kappa shape index (κ2) is 7.26. The van der Waals surface area contributed by atoms with Crippen LogP contribution in [-0.2, 0) is 4.74 Å². The van der Waals surface area contributed by atoms with Crippen LogP contribution >= 0.6 is 0 Å². The Bertz CT molecular complexity index is 207. The minimum absolute atomic E-state index is 0.470. The Morgan fingerprint density at radius 1 is 1.40 bits per heavy atom. The fourth-order valence-corrected chi connectivity index (χ4v) is 0.949. The van der Waals surface area contributed by atoms with E-state index < -0.39 is 11.7 Å². The molecule has 88 valence electrons. The molecule has 0 rings (SSSR count). The predicted molar refractivity (Wildman–Crippen MR) is 62.0 cm³/mol. The third-order valence-corrected chi connectivity index (χ3v) is 1.58. The van der Waals surface area contributed by atoms with E-state index in [1.807, 2.05) is 20.8 Å².